The Bertz CT molecular complexity index is 615. The molecule has 2 amide bonds. The zero-order valence-electron chi connectivity index (χ0n) is 12.4. The van der Waals surface area contributed by atoms with Crippen LogP contribution in [0.4, 0.5) is 4.79 Å². The van der Waals surface area contributed by atoms with E-state index in [9.17, 15) is 18.3 Å². The molecule has 0 aromatic heterocycles. The van der Waals surface area contributed by atoms with Crippen molar-refractivity contribution in [2.45, 2.75) is 37.2 Å². The first-order chi connectivity index (χ1) is 10.4. The first-order valence-electron chi connectivity index (χ1n) is 7.20. The second kappa shape index (κ2) is 7.08. The number of amides is 2. The van der Waals surface area contributed by atoms with Gasteiger partial charge in [0.2, 0.25) is 0 Å². The van der Waals surface area contributed by atoms with Crippen LogP contribution in [0.2, 0.25) is 0 Å². The van der Waals surface area contributed by atoms with Gasteiger partial charge >= 0.3 is 6.03 Å². The molecule has 7 nitrogen and oxygen atoms in total. The standard InChI is InChI=1S/C14H21N3O4S/c1-11-4-6-13(7-5-11)22(20,21)16-14(19)15-17-9-2-3-12(18)8-10-17/h4-7,12,18H,2-3,8-10H2,1H3,(H2,15,16,19). The van der Waals surface area contributed by atoms with Gasteiger partial charge in [-0.15, -0.1) is 0 Å². The second-order valence-electron chi connectivity index (χ2n) is 5.43. The van der Waals surface area contributed by atoms with Crippen LogP contribution in [0.15, 0.2) is 29.2 Å². The molecule has 1 aromatic carbocycles. The lowest BCUT2D eigenvalue weighted by molar-refractivity contribution is 0.146. The van der Waals surface area contributed by atoms with Crippen molar-refractivity contribution >= 4 is 16.1 Å². The van der Waals surface area contributed by atoms with E-state index in [1.807, 2.05) is 11.6 Å². The third-order valence-corrected chi connectivity index (χ3v) is 4.86. The number of carbonyl (C=O) groups is 1. The molecule has 1 saturated heterocycles. The van der Waals surface area contributed by atoms with E-state index in [1.165, 1.54) is 12.1 Å². The van der Waals surface area contributed by atoms with Gasteiger partial charge in [0.15, 0.2) is 0 Å². The number of sulfonamides is 1. The van der Waals surface area contributed by atoms with Crippen LogP contribution in [0, 0.1) is 6.92 Å². The summed E-state index contributed by atoms with van der Waals surface area (Å²) in [4.78, 5) is 11.9. The molecule has 1 fully saturated rings. The maximum absolute atomic E-state index is 12.1. The summed E-state index contributed by atoms with van der Waals surface area (Å²) in [6.07, 6.45) is 1.60. The number of nitrogens with zero attached hydrogens (tertiary/aromatic N) is 1. The SMILES string of the molecule is Cc1ccc(S(=O)(=O)NC(=O)NN2CCCC(O)CC2)cc1. The third kappa shape index (κ3) is 4.69. The first-order valence-corrected chi connectivity index (χ1v) is 8.68. The van der Waals surface area contributed by atoms with Crippen molar-refractivity contribution in [2.24, 2.45) is 0 Å². The number of aryl methyl sites for hydroxylation is 1. The molecule has 1 unspecified atom stereocenters. The summed E-state index contributed by atoms with van der Waals surface area (Å²) in [5.74, 6) is 0. The molecule has 3 N–H and O–H groups in total. The second-order valence-corrected chi connectivity index (χ2v) is 7.11. The maximum atomic E-state index is 12.1. The van der Waals surface area contributed by atoms with Crippen LogP contribution >= 0.6 is 0 Å². The smallest absolute Gasteiger partial charge is 0.343 e. The van der Waals surface area contributed by atoms with E-state index in [2.05, 4.69) is 5.43 Å². The molecule has 0 bridgehead atoms. The molecule has 2 rings (SSSR count). The highest BCUT2D eigenvalue weighted by Crippen LogP contribution is 2.11. The molecule has 1 atom stereocenters. The van der Waals surface area contributed by atoms with Gasteiger partial charge in [-0.1, -0.05) is 17.7 Å². The van der Waals surface area contributed by atoms with E-state index < -0.39 is 16.1 Å². The highest BCUT2D eigenvalue weighted by Gasteiger charge is 2.20. The Balaban J connectivity index is 1.94. The Morgan fingerprint density at radius 2 is 1.91 bits per heavy atom. The third-order valence-electron chi connectivity index (χ3n) is 3.52. The molecular formula is C14H21N3O4S. The van der Waals surface area contributed by atoms with E-state index >= 15 is 0 Å². The summed E-state index contributed by atoms with van der Waals surface area (Å²) in [5, 5.41) is 11.2. The van der Waals surface area contributed by atoms with E-state index in [4.69, 9.17) is 0 Å². The van der Waals surface area contributed by atoms with Crippen LogP contribution < -0.4 is 10.1 Å². The summed E-state index contributed by atoms with van der Waals surface area (Å²) in [6.45, 7) is 2.92. The predicted octanol–water partition coefficient (Wildman–Crippen LogP) is 0.745. The monoisotopic (exact) mass is 327 g/mol. The Hall–Kier alpha value is -1.64. The molecule has 1 heterocycles. The van der Waals surface area contributed by atoms with Crippen molar-refractivity contribution < 1.29 is 18.3 Å². The van der Waals surface area contributed by atoms with Crippen molar-refractivity contribution in [1.82, 2.24) is 15.2 Å². The normalized spacial score (nSPS) is 20.2. The molecule has 1 aromatic rings. The Labute approximate surface area is 130 Å². The van der Waals surface area contributed by atoms with Crippen molar-refractivity contribution in [3.05, 3.63) is 29.8 Å². The molecule has 0 radical (unpaired) electrons. The molecule has 22 heavy (non-hydrogen) atoms. The van der Waals surface area contributed by atoms with Gasteiger partial charge in [0.1, 0.15) is 0 Å². The van der Waals surface area contributed by atoms with Crippen LogP contribution in [0.1, 0.15) is 24.8 Å². The minimum atomic E-state index is -3.89. The van der Waals surface area contributed by atoms with Crippen LogP contribution in [-0.2, 0) is 10.0 Å². The molecule has 122 valence electrons. The van der Waals surface area contributed by atoms with Crippen LogP contribution in [0.3, 0.4) is 0 Å². The Morgan fingerprint density at radius 1 is 1.23 bits per heavy atom. The molecule has 1 aliphatic heterocycles. The molecule has 1 aliphatic rings. The van der Waals surface area contributed by atoms with Crippen molar-refractivity contribution in [3.63, 3.8) is 0 Å². The van der Waals surface area contributed by atoms with Gasteiger partial charge in [-0.2, -0.15) is 0 Å². The number of rotatable bonds is 3. The summed E-state index contributed by atoms with van der Waals surface area (Å²) in [5.41, 5.74) is 3.45. The highest BCUT2D eigenvalue weighted by molar-refractivity contribution is 7.90. The number of aliphatic hydroxyl groups is 1. The fourth-order valence-corrected chi connectivity index (χ4v) is 3.16. The summed E-state index contributed by atoms with van der Waals surface area (Å²) in [6, 6.07) is 5.45. The molecule has 0 aliphatic carbocycles. The van der Waals surface area contributed by atoms with Crippen LogP contribution in [-0.4, -0.2) is 43.8 Å². The largest absolute Gasteiger partial charge is 0.393 e. The Morgan fingerprint density at radius 3 is 2.59 bits per heavy atom. The molecule has 0 spiro atoms. The fraction of sp³-hybridized carbons (Fsp3) is 0.500. The molecular weight excluding hydrogens is 306 g/mol. The topological polar surface area (TPSA) is 98.7 Å². The number of benzene rings is 1. The van der Waals surface area contributed by atoms with Crippen LogP contribution in [0.25, 0.3) is 0 Å². The molecule has 8 heteroatoms. The minimum Gasteiger partial charge on any atom is -0.393 e. The van der Waals surface area contributed by atoms with Gasteiger partial charge in [0.25, 0.3) is 10.0 Å². The lowest BCUT2D eigenvalue weighted by Crippen LogP contribution is -2.49. The van der Waals surface area contributed by atoms with Gasteiger partial charge in [-0.25, -0.2) is 22.9 Å². The number of hydrogen-bond donors (Lipinski definition) is 3. The van der Waals surface area contributed by atoms with Gasteiger partial charge < -0.3 is 5.11 Å². The number of hydrogen-bond acceptors (Lipinski definition) is 5. The Kier molecular flexibility index (Phi) is 5.38. The first kappa shape index (κ1) is 16.7. The van der Waals surface area contributed by atoms with Crippen LogP contribution in [0.5, 0.6) is 0 Å². The summed E-state index contributed by atoms with van der Waals surface area (Å²) < 4.78 is 26.2. The zero-order valence-corrected chi connectivity index (χ0v) is 13.3. The van der Waals surface area contributed by atoms with E-state index in [0.29, 0.717) is 25.9 Å². The average molecular weight is 327 g/mol. The number of aliphatic hydroxyl groups excluding tert-OH is 1. The van der Waals surface area contributed by atoms with E-state index in [-0.39, 0.29) is 11.0 Å². The maximum Gasteiger partial charge on any atom is 0.343 e. The van der Waals surface area contributed by atoms with Gasteiger partial charge in [0.05, 0.1) is 11.0 Å². The van der Waals surface area contributed by atoms with Crippen molar-refractivity contribution in [1.29, 1.82) is 0 Å². The predicted molar refractivity (Wildman–Crippen MR) is 81.5 cm³/mol. The summed E-state index contributed by atoms with van der Waals surface area (Å²) >= 11 is 0. The van der Waals surface area contributed by atoms with Crippen molar-refractivity contribution in [2.75, 3.05) is 13.1 Å². The number of carbonyl (C=O) groups excluding carboxylic acids is 1. The summed E-state index contributed by atoms with van der Waals surface area (Å²) in [7, 11) is -3.89. The number of urea groups is 1. The van der Waals surface area contributed by atoms with Crippen molar-refractivity contribution in [3.8, 4) is 0 Å². The quantitative estimate of drug-likeness (QED) is 0.761. The highest BCUT2D eigenvalue weighted by atomic mass is 32.2. The van der Waals surface area contributed by atoms with E-state index in [0.717, 1.165) is 12.0 Å². The van der Waals surface area contributed by atoms with Gasteiger partial charge in [-0.05, 0) is 38.3 Å². The zero-order chi connectivity index (χ0) is 16.2. The van der Waals surface area contributed by atoms with Gasteiger partial charge in [0, 0.05) is 13.1 Å². The lowest BCUT2D eigenvalue weighted by Gasteiger charge is -2.21. The average Bonchev–Trinajstić information content (AvgIpc) is 2.63. The minimum absolute atomic E-state index is 0.0412. The molecule has 0 saturated carbocycles. The fourth-order valence-electron chi connectivity index (χ4n) is 2.26. The van der Waals surface area contributed by atoms with E-state index in [1.54, 1.807) is 17.1 Å². The number of nitrogens with one attached hydrogen (secondary N) is 2. The lowest BCUT2D eigenvalue weighted by atomic mass is 10.2. The van der Waals surface area contributed by atoms with Gasteiger partial charge in [-0.3, -0.25) is 5.43 Å². The number of hydrazine groups is 1.